The number of aromatic hydroxyl groups is 1. The zero-order valence-corrected chi connectivity index (χ0v) is 7.15. The first-order valence-corrected chi connectivity index (χ1v) is 3.93. The number of carbonyl (C=O) groups excluding carboxylic acids is 1. The van der Waals surface area contributed by atoms with Crippen molar-refractivity contribution < 1.29 is 14.3 Å². The van der Waals surface area contributed by atoms with Gasteiger partial charge in [0, 0.05) is 11.5 Å². The summed E-state index contributed by atoms with van der Waals surface area (Å²) in [6, 6.07) is 4.51. The minimum Gasteiger partial charge on any atom is -0.508 e. The van der Waals surface area contributed by atoms with E-state index in [0.717, 1.165) is 0 Å². The van der Waals surface area contributed by atoms with E-state index in [1.54, 1.807) is 6.07 Å². The molecule has 5 nitrogen and oxygen atoms in total. The third kappa shape index (κ3) is 1.20. The maximum atomic E-state index is 11.2. The van der Waals surface area contributed by atoms with Crippen LogP contribution >= 0.6 is 0 Å². The average molecular weight is 192 g/mol. The van der Waals surface area contributed by atoms with Crippen molar-refractivity contribution >= 4 is 16.9 Å². The Morgan fingerprint density at radius 3 is 3.00 bits per heavy atom. The van der Waals surface area contributed by atoms with Crippen molar-refractivity contribution in [1.82, 2.24) is 5.43 Å². The number of hydrazine groups is 1. The molecule has 0 aliphatic rings. The van der Waals surface area contributed by atoms with Crippen LogP contribution in [0.15, 0.2) is 28.9 Å². The number of benzene rings is 1. The van der Waals surface area contributed by atoms with Gasteiger partial charge in [0.25, 0.3) is 5.91 Å². The number of nitrogens with one attached hydrogen (secondary N) is 1. The Hall–Kier alpha value is -2.01. The Kier molecular flexibility index (Phi) is 1.86. The van der Waals surface area contributed by atoms with E-state index in [9.17, 15) is 4.79 Å². The zero-order chi connectivity index (χ0) is 10.1. The van der Waals surface area contributed by atoms with Gasteiger partial charge in [0.05, 0.1) is 5.56 Å². The van der Waals surface area contributed by atoms with Gasteiger partial charge >= 0.3 is 0 Å². The Balaban J connectivity index is 2.64. The molecule has 2 rings (SSSR count). The van der Waals surface area contributed by atoms with Gasteiger partial charge < -0.3 is 9.52 Å². The summed E-state index contributed by atoms with van der Waals surface area (Å²) in [7, 11) is 0. The molecule has 72 valence electrons. The molecule has 0 radical (unpaired) electrons. The van der Waals surface area contributed by atoms with Crippen LogP contribution in [0.2, 0.25) is 0 Å². The Morgan fingerprint density at radius 1 is 1.50 bits per heavy atom. The van der Waals surface area contributed by atoms with Crippen molar-refractivity contribution in [2.24, 2.45) is 5.84 Å². The number of hydrogen-bond acceptors (Lipinski definition) is 4. The molecule has 0 saturated heterocycles. The monoisotopic (exact) mass is 192 g/mol. The Bertz CT molecular complexity index is 490. The van der Waals surface area contributed by atoms with E-state index in [0.29, 0.717) is 16.5 Å². The fraction of sp³-hybridized carbons (Fsp3) is 0. The molecule has 0 unspecified atom stereocenters. The highest BCUT2D eigenvalue weighted by molar-refractivity contribution is 6.05. The molecular formula is C9H8N2O3. The molecule has 0 spiro atoms. The summed E-state index contributed by atoms with van der Waals surface area (Å²) in [4.78, 5) is 11.2. The van der Waals surface area contributed by atoms with E-state index in [4.69, 9.17) is 15.4 Å². The molecule has 1 aromatic carbocycles. The fourth-order valence-electron chi connectivity index (χ4n) is 1.27. The normalized spacial score (nSPS) is 10.4. The molecule has 0 fully saturated rings. The van der Waals surface area contributed by atoms with Crippen LogP contribution < -0.4 is 11.3 Å². The predicted molar refractivity (Wildman–Crippen MR) is 49.5 cm³/mol. The van der Waals surface area contributed by atoms with Crippen LogP contribution in [0, 0.1) is 0 Å². The van der Waals surface area contributed by atoms with Crippen LogP contribution in [-0.2, 0) is 0 Å². The van der Waals surface area contributed by atoms with Gasteiger partial charge in [-0.15, -0.1) is 0 Å². The second-order valence-corrected chi connectivity index (χ2v) is 2.80. The molecular weight excluding hydrogens is 184 g/mol. The third-order valence-electron chi connectivity index (χ3n) is 1.93. The number of phenols is 1. The molecule has 1 heterocycles. The molecule has 0 atom stereocenters. The first-order chi connectivity index (χ1) is 6.72. The average Bonchev–Trinajstić information content (AvgIpc) is 2.59. The van der Waals surface area contributed by atoms with Crippen molar-refractivity contribution in [3.63, 3.8) is 0 Å². The van der Waals surface area contributed by atoms with Gasteiger partial charge in [0.2, 0.25) is 0 Å². The molecule has 0 aliphatic carbocycles. The van der Waals surface area contributed by atoms with Gasteiger partial charge in [-0.3, -0.25) is 10.2 Å². The second-order valence-electron chi connectivity index (χ2n) is 2.80. The highest BCUT2D eigenvalue weighted by atomic mass is 16.3. The van der Waals surface area contributed by atoms with E-state index in [-0.39, 0.29) is 5.75 Å². The number of fused-ring (bicyclic) bond motifs is 1. The van der Waals surface area contributed by atoms with E-state index >= 15 is 0 Å². The van der Waals surface area contributed by atoms with Crippen LogP contribution in [0.3, 0.4) is 0 Å². The van der Waals surface area contributed by atoms with E-state index in [1.807, 2.05) is 5.43 Å². The van der Waals surface area contributed by atoms with Crippen molar-refractivity contribution in [1.29, 1.82) is 0 Å². The van der Waals surface area contributed by atoms with Gasteiger partial charge in [-0.25, -0.2) is 5.84 Å². The van der Waals surface area contributed by atoms with Gasteiger partial charge in [-0.2, -0.15) is 0 Å². The minimum atomic E-state index is -0.422. The first kappa shape index (κ1) is 8.58. The number of hydrogen-bond donors (Lipinski definition) is 3. The lowest BCUT2D eigenvalue weighted by molar-refractivity contribution is 0.0954. The number of phenolic OH excluding ortho intramolecular Hbond substituents is 1. The van der Waals surface area contributed by atoms with Crippen LogP contribution in [0.1, 0.15) is 10.4 Å². The molecule has 0 saturated carbocycles. The summed E-state index contributed by atoms with van der Waals surface area (Å²) in [5.41, 5.74) is 2.81. The van der Waals surface area contributed by atoms with Crippen LogP contribution in [0.4, 0.5) is 0 Å². The smallest absolute Gasteiger partial charge is 0.269 e. The number of rotatable bonds is 1. The predicted octanol–water partition coefficient (Wildman–Crippen LogP) is 0.742. The summed E-state index contributed by atoms with van der Waals surface area (Å²) in [5, 5.41) is 9.77. The summed E-state index contributed by atoms with van der Waals surface area (Å²) in [5.74, 6) is 4.66. The maximum Gasteiger partial charge on any atom is 0.269 e. The number of carbonyl (C=O) groups is 1. The van der Waals surface area contributed by atoms with Crippen molar-refractivity contribution in [2.75, 3.05) is 0 Å². The first-order valence-electron chi connectivity index (χ1n) is 3.93. The quantitative estimate of drug-likeness (QED) is 0.353. The number of furan rings is 1. The molecule has 2 aromatic rings. The molecule has 14 heavy (non-hydrogen) atoms. The van der Waals surface area contributed by atoms with Gasteiger partial charge in [-0.1, -0.05) is 0 Å². The van der Waals surface area contributed by atoms with Crippen LogP contribution in [0.5, 0.6) is 5.75 Å². The topological polar surface area (TPSA) is 88.5 Å². The summed E-state index contributed by atoms with van der Waals surface area (Å²) in [6.45, 7) is 0. The minimum absolute atomic E-state index is 0.0894. The van der Waals surface area contributed by atoms with E-state index < -0.39 is 5.91 Å². The number of amides is 1. The third-order valence-corrected chi connectivity index (χ3v) is 1.93. The van der Waals surface area contributed by atoms with Crippen LogP contribution in [-0.4, -0.2) is 11.0 Å². The van der Waals surface area contributed by atoms with Crippen LogP contribution in [0.25, 0.3) is 11.0 Å². The van der Waals surface area contributed by atoms with Gasteiger partial charge in [-0.05, 0) is 12.1 Å². The molecule has 1 aromatic heterocycles. The second kappa shape index (κ2) is 3.04. The molecule has 0 aliphatic heterocycles. The SMILES string of the molecule is NNC(=O)c1coc2cc(O)ccc12. The van der Waals surface area contributed by atoms with E-state index in [1.165, 1.54) is 18.4 Å². The Labute approximate surface area is 79.1 Å². The lowest BCUT2D eigenvalue weighted by Crippen LogP contribution is -2.29. The van der Waals surface area contributed by atoms with Crippen molar-refractivity contribution in [3.05, 3.63) is 30.0 Å². The molecule has 5 heteroatoms. The molecule has 0 bridgehead atoms. The van der Waals surface area contributed by atoms with Crippen molar-refractivity contribution in [3.8, 4) is 5.75 Å². The van der Waals surface area contributed by atoms with Gasteiger partial charge in [0.1, 0.15) is 17.6 Å². The summed E-state index contributed by atoms with van der Waals surface area (Å²) >= 11 is 0. The summed E-state index contributed by atoms with van der Waals surface area (Å²) in [6.07, 6.45) is 1.30. The molecule has 1 amide bonds. The summed E-state index contributed by atoms with van der Waals surface area (Å²) < 4.78 is 5.08. The largest absolute Gasteiger partial charge is 0.508 e. The number of nitrogens with two attached hydrogens (primary N) is 1. The maximum absolute atomic E-state index is 11.2. The fourth-order valence-corrected chi connectivity index (χ4v) is 1.27. The molecule has 4 N–H and O–H groups in total. The van der Waals surface area contributed by atoms with Crippen molar-refractivity contribution in [2.45, 2.75) is 0 Å². The standard InChI is InChI=1S/C9H8N2O3/c10-11-9(13)7-4-14-8-3-5(12)1-2-6(7)8/h1-4,12H,10H2,(H,11,13). The lowest BCUT2D eigenvalue weighted by Gasteiger charge is -1.95. The highest BCUT2D eigenvalue weighted by Crippen LogP contribution is 2.24. The highest BCUT2D eigenvalue weighted by Gasteiger charge is 2.12. The zero-order valence-electron chi connectivity index (χ0n) is 7.15. The van der Waals surface area contributed by atoms with Gasteiger partial charge in [0.15, 0.2) is 0 Å². The van der Waals surface area contributed by atoms with E-state index in [2.05, 4.69) is 0 Å². The Morgan fingerprint density at radius 2 is 2.29 bits per heavy atom. The number of nitrogen functional groups attached to an aromatic ring is 1. The lowest BCUT2D eigenvalue weighted by atomic mass is 10.1.